The van der Waals surface area contributed by atoms with Crippen LogP contribution in [-0.4, -0.2) is 68.0 Å². The van der Waals surface area contributed by atoms with Crippen molar-refractivity contribution in [2.45, 2.75) is 219 Å². The maximum atomic E-state index is 12.8. The second kappa shape index (κ2) is 39.0. The molecule has 0 fully saturated rings. The molecule has 0 aromatic rings. The zero-order valence-electron chi connectivity index (χ0n) is 35.2. The quantitative estimate of drug-likeness (QED) is 0.0294. The van der Waals surface area contributed by atoms with Gasteiger partial charge in [0.25, 0.3) is 0 Å². The minimum absolute atomic E-state index is 0.125. The topological polar surface area (TPSA) is 72.8 Å². The lowest BCUT2D eigenvalue weighted by Crippen LogP contribution is -2.48. The Balaban J connectivity index is 4.27. The Bertz CT molecular complexity index is 839. The highest BCUT2D eigenvalue weighted by atomic mass is 16.6. The lowest BCUT2D eigenvalue weighted by molar-refractivity contribution is -0.893. The summed E-state index contributed by atoms with van der Waals surface area (Å²) in [5.74, 6) is -0.375. The van der Waals surface area contributed by atoms with E-state index in [2.05, 4.69) is 52.2 Å². The molecule has 1 N–H and O–H groups in total. The third kappa shape index (κ3) is 38.1. The lowest BCUT2D eigenvalue weighted by Gasteiger charge is -2.33. The number of aliphatic hydroxyl groups is 1. The zero-order valence-corrected chi connectivity index (χ0v) is 35.2. The monoisotopic (exact) mass is 735 g/mol. The molecule has 0 aliphatic rings. The second-order valence-corrected chi connectivity index (χ2v) is 16.1. The maximum absolute atomic E-state index is 12.8. The summed E-state index contributed by atoms with van der Waals surface area (Å²) < 4.78 is 12.3. The molecule has 0 aliphatic heterocycles. The van der Waals surface area contributed by atoms with Crippen LogP contribution in [0.4, 0.5) is 0 Å². The van der Waals surface area contributed by atoms with Gasteiger partial charge in [-0.1, -0.05) is 141 Å². The molecular weight excluding hydrogens is 647 g/mol. The minimum Gasteiger partial charge on any atom is -0.461 e. The normalized spacial score (nSPS) is 12.6. The summed E-state index contributed by atoms with van der Waals surface area (Å²) in [6, 6.07) is 0. The number of unbranched alkanes of at least 4 members (excludes halogenated alkanes) is 24. The van der Waals surface area contributed by atoms with E-state index >= 15 is 0 Å². The van der Waals surface area contributed by atoms with Crippen LogP contribution in [0.25, 0.3) is 0 Å². The number of ether oxygens (including phenoxy) is 2. The molecule has 0 spiro atoms. The van der Waals surface area contributed by atoms with Crippen LogP contribution in [0.3, 0.4) is 0 Å². The smallest absolute Gasteiger partial charge is 0.306 e. The number of esters is 2. The second-order valence-electron chi connectivity index (χ2n) is 16.1. The first kappa shape index (κ1) is 50.3. The largest absolute Gasteiger partial charge is 0.461 e. The van der Waals surface area contributed by atoms with E-state index in [1.54, 1.807) is 0 Å². The lowest BCUT2D eigenvalue weighted by atomic mass is 10.1. The summed E-state index contributed by atoms with van der Waals surface area (Å²) in [6.45, 7) is 6.41. The number of allylic oxidation sites excluding steroid dienone is 4. The number of likely N-dealkylation sites (N-methyl/N-ethyl adjacent to an activating group) is 1. The Hall–Kier alpha value is -1.66. The van der Waals surface area contributed by atoms with Crippen LogP contribution in [-0.2, 0) is 19.1 Å². The Morgan fingerprint density at radius 1 is 0.519 bits per heavy atom. The summed E-state index contributed by atoms with van der Waals surface area (Å²) in [7, 11) is 4.27. The van der Waals surface area contributed by atoms with Crippen LogP contribution in [0, 0.1) is 0 Å². The third-order valence-corrected chi connectivity index (χ3v) is 10.1. The number of aliphatic hydroxyl groups excluding tert-OH is 1. The van der Waals surface area contributed by atoms with Crippen molar-refractivity contribution in [3.05, 3.63) is 24.3 Å². The number of carbonyl (C=O) groups excluding carboxylic acids is 2. The fourth-order valence-corrected chi connectivity index (χ4v) is 6.78. The Labute approximate surface area is 323 Å². The van der Waals surface area contributed by atoms with E-state index in [4.69, 9.17) is 14.6 Å². The van der Waals surface area contributed by atoms with E-state index in [1.807, 2.05) is 0 Å². The summed E-state index contributed by atoms with van der Waals surface area (Å²) >= 11 is 0. The molecule has 0 radical (unpaired) electrons. The molecule has 0 aromatic carbocycles. The predicted octanol–water partition coefficient (Wildman–Crippen LogP) is 12.8. The molecule has 0 saturated heterocycles. The van der Waals surface area contributed by atoms with Gasteiger partial charge in [0.15, 0.2) is 6.10 Å². The Morgan fingerprint density at radius 2 is 0.904 bits per heavy atom. The van der Waals surface area contributed by atoms with Crippen LogP contribution < -0.4 is 0 Å². The number of nitrogens with zero attached hydrogens (tertiary/aromatic N) is 1. The van der Waals surface area contributed by atoms with Crippen molar-refractivity contribution in [2.24, 2.45) is 0 Å². The van der Waals surface area contributed by atoms with Crippen LogP contribution in [0.1, 0.15) is 213 Å². The highest BCUT2D eigenvalue weighted by molar-refractivity contribution is 5.70. The molecule has 1 atom stereocenters. The molecule has 0 bridgehead atoms. The molecule has 0 saturated carbocycles. The van der Waals surface area contributed by atoms with Crippen LogP contribution in [0.5, 0.6) is 0 Å². The van der Waals surface area contributed by atoms with Crippen LogP contribution >= 0.6 is 0 Å². The first-order valence-electron chi connectivity index (χ1n) is 22.4. The molecule has 6 nitrogen and oxygen atoms in total. The van der Waals surface area contributed by atoms with Gasteiger partial charge < -0.3 is 19.1 Å². The van der Waals surface area contributed by atoms with E-state index in [0.29, 0.717) is 23.9 Å². The average Bonchev–Trinajstić information content (AvgIpc) is 3.12. The van der Waals surface area contributed by atoms with Crippen LogP contribution in [0.15, 0.2) is 24.3 Å². The van der Waals surface area contributed by atoms with Crippen molar-refractivity contribution in [1.82, 2.24) is 0 Å². The van der Waals surface area contributed by atoms with E-state index in [1.165, 1.54) is 116 Å². The summed E-state index contributed by atoms with van der Waals surface area (Å²) in [4.78, 5) is 25.4. The molecule has 0 aromatic heterocycles. The third-order valence-electron chi connectivity index (χ3n) is 10.1. The van der Waals surface area contributed by atoms with Gasteiger partial charge in [-0.25, -0.2) is 0 Å². The fraction of sp³-hybridized carbons (Fsp3) is 0.870. The zero-order chi connectivity index (χ0) is 38.2. The van der Waals surface area contributed by atoms with Gasteiger partial charge in [0.1, 0.15) is 13.2 Å². The van der Waals surface area contributed by atoms with Crippen molar-refractivity contribution in [1.29, 1.82) is 0 Å². The minimum atomic E-state index is -0.443. The standard InChI is InChI=1S/C46H88NO5/c1-5-7-9-11-13-15-17-19-21-23-25-27-29-31-34-38-45(49)51-43-44(42-47(3,4)40-36-33-37-41-48)52-46(50)39-35-32-30-28-26-24-22-20-18-16-14-12-10-8-6-2/h19-22,44,48H,5-18,23-43H2,1-4H3/q+1/b21-19-,22-20-. The summed E-state index contributed by atoms with van der Waals surface area (Å²) in [5.41, 5.74) is 0. The number of hydrogen-bond acceptors (Lipinski definition) is 5. The van der Waals surface area contributed by atoms with Gasteiger partial charge in [-0.3, -0.25) is 9.59 Å². The molecule has 52 heavy (non-hydrogen) atoms. The molecule has 6 heteroatoms. The maximum Gasteiger partial charge on any atom is 0.306 e. The SMILES string of the molecule is CCCCCCCC/C=C\CCCCCCCC(=O)OCC(C[N+](C)(C)CCCCCO)OC(=O)CCCCCCC/C=C\CCCCCCCC. The number of rotatable bonds is 40. The van der Waals surface area contributed by atoms with Gasteiger partial charge in [-0.2, -0.15) is 0 Å². The highest BCUT2D eigenvalue weighted by Crippen LogP contribution is 2.14. The first-order chi connectivity index (χ1) is 25.3. The van der Waals surface area contributed by atoms with Crippen molar-refractivity contribution in [3.63, 3.8) is 0 Å². The molecule has 1 unspecified atom stereocenters. The Morgan fingerprint density at radius 3 is 1.35 bits per heavy atom. The van der Waals surface area contributed by atoms with E-state index < -0.39 is 6.10 Å². The molecular formula is C46H88NO5+. The summed E-state index contributed by atoms with van der Waals surface area (Å²) in [6.07, 6.45) is 44.5. The van der Waals surface area contributed by atoms with E-state index in [9.17, 15) is 9.59 Å². The highest BCUT2D eigenvalue weighted by Gasteiger charge is 2.26. The van der Waals surface area contributed by atoms with Gasteiger partial charge in [-0.15, -0.1) is 0 Å². The number of hydrogen-bond donors (Lipinski definition) is 1. The molecule has 0 aliphatic carbocycles. The van der Waals surface area contributed by atoms with Crippen molar-refractivity contribution >= 4 is 11.9 Å². The van der Waals surface area contributed by atoms with E-state index in [-0.39, 0.29) is 25.2 Å². The number of carbonyl (C=O) groups is 2. The average molecular weight is 735 g/mol. The Kier molecular flexibility index (Phi) is 37.8. The molecule has 306 valence electrons. The van der Waals surface area contributed by atoms with Gasteiger partial charge in [0, 0.05) is 19.4 Å². The molecule has 0 heterocycles. The number of quaternary nitrogens is 1. The molecule has 0 amide bonds. The van der Waals surface area contributed by atoms with Gasteiger partial charge in [-0.05, 0) is 83.5 Å². The van der Waals surface area contributed by atoms with Crippen molar-refractivity contribution < 1.29 is 28.7 Å². The van der Waals surface area contributed by atoms with Gasteiger partial charge in [0.2, 0.25) is 0 Å². The van der Waals surface area contributed by atoms with Gasteiger partial charge >= 0.3 is 11.9 Å². The van der Waals surface area contributed by atoms with Crippen molar-refractivity contribution in [2.75, 3.05) is 40.4 Å². The van der Waals surface area contributed by atoms with Gasteiger partial charge in [0.05, 0.1) is 20.6 Å². The predicted molar refractivity (Wildman–Crippen MR) is 223 cm³/mol. The first-order valence-corrected chi connectivity index (χ1v) is 22.4. The van der Waals surface area contributed by atoms with Crippen molar-refractivity contribution in [3.8, 4) is 0 Å². The van der Waals surface area contributed by atoms with Crippen LogP contribution in [0.2, 0.25) is 0 Å². The molecule has 0 rings (SSSR count). The fourth-order valence-electron chi connectivity index (χ4n) is 6.78. The van der Waals surface area contributed by atoms with E-state index in [0.717, 1.165) is 77.2 Å². The summed E-state index contributed by atoms with van der Waals surface area (Å²) in [5, 5.41) is 9.13.